The second-order valence-corrected chi connectivity index (χ2v) is 6.35. The molecule has 0 saturated carbocycles. The summed E-state index contributed by atoms with van der Waals surface area (Å²) in [5, 5.41) is 6.01. The maximum absolute atomic E-state index is 11.9. The van der Waals surface area contributed by atoms with E-state index < -0.39 is 0 Å². The van der Waals surface area contributed by atoms with Crippen LogP contribution in [-0.4, -0.2) is 25.8 Å². The minimum absolute atomic E-state index is 0.109. The second kappa shape index (κ2) is 8.49. The van der Waals surface area contributed by atoms with Crippen LogP contribution in [0.25, 0.3) is 10.8 Å². The molecule has 1 amide bonds. The normalized spacial score (nSPS) is 10.8. The third kappa shape index (κ3) is 4.40. The van der Waals surface area contributed by atoms with E-state index in [2.05, 4.69) is 26.5 Å². The van der Waals surface area contributed by atoms with Crippen molar-refractivity contribution in [2.75, 3.05) is 13.7 Å². The molecule has 5 nitrogen and oxygen atoms in total. The number of hydrogen-bond donors (Lipinski definition) is 1. The summed E-state index contributed by atoms with van der Waals surface area (Å²) in [4.78, 5) is 11.9. The highest BCUT2D eigenvalue weighted by Gasteiger charge is 2.05. The van der Waals surface area contributed by atoms with E-state index in [1.165, 1.54) is 0 Å². The number of rotatable bonds is 6. The van der Waals surface area contributed by atoms with Crippen LogP contribution in [0.15, 0.2) is 70.2 Å². The summed E-state index contributed by atoms with van der Waals surface area (Å²) in [7, 11) is 1.64. The van der Waals surface area contributed by atoms with Crippen LogP contribution in [0, 0.1) is 0 Å². The first-order chi connectivity index (χ1) is 12.7. The highest BCUT2D eigenvalue weighted by Crippen LogP contribution is 2.27. The van der Waals surface area contributed by atoms with Crippen LogP contribution in [0.4, 0.5) is 0 Å². The average Bonchev–Trinajstić information content (AvgIpc) is 2.67. The molecule has 132 valence electrons. The van der Waals surface area contributed by atoms with E-state index in [9.17, 15) is 4.79 Å². The second-order valence-electron chi connectivity index (χ2n) is 5.44. The predicted molar refractivity (Wildman–Crippen MR) is 106 cm³/mol. The number of carbonyl (C=O) groups excluding carboxylic acids is 1. The molecule has 0 heterocycles. The number of hydrogen-bond acceptors (Lipinski definition) is 4. The van der Waals surface area contributed by atoms with Crippen molar-refractivity contribution in [3.8, 4) is 11.5 Å². The lowest BCUT2D eigenvalue weighted by Crippen LogP contribution is -2.24. The van der Waals surface area contributed by atoms with E-state index in [1.54, 1.807) is 25.5 Å². The van der Waals surface area contributed by atoms with Crippen LogP contribution in [0.5, 0.6) is 11.5 Å². The van der Waals surface area contributed by atoms with Crippen LogP contribution in [0.2, 0.25) is 0 Å². The molecule has 0 saturated heterocycles. The molecule has 0 aliphatic rings. The quantitative estimate of drug-likeness (QED) is 0.488. The molecule has 1 N–H and O–H groups in total. The van der Waals surface area contributed by atoms with Crippen LogP contribution < -0.4 is 14.9 Å². The summed E-state index contributed by atoms with van der Waals surface area (Å²) >= 11 is 3.35. The number of hydrazone groups is 1. The van der Waals surface area contributed by atoms with Gasteiger partial charge in [-0.15, -0.1) is 0 Å². The van der Waals surface area contributed by atoms with Gasteiger partial charge < -0.3 is 9.47 Å². The molecule has 0 unspecified atom stereocenters. The Morgan fingerprint density at radius 3 is 2.54 bits per heavy atom. The number of nitrogens with one attached hydrogen (secondary N) is 1. The van der Waals surface area contributed by atoms with Crippen LogP contribution in [0.1, 0.15) is 5.56 Å². The predicted octanol–water partition coefficient (Wildman–Crippen LogP) is 4.14. The van der Waals surface area contributed by atoms with Gasteiger partial charge in [0.05, 0.1) is 13.3 Å². The molecule has 0 spiro atoms. The number of benzene rings is 3. The average molecular weight is 413 g/mol. The number of halogens is 1. The van der Waals surface area contributed by atoms with Gasteiger partial charge in [-0.1, -0.05) is 40.2 Å². The Balaban J connectivity index is 1.62. The number of amides is 1. The number of methoxy groups -OCH3 is 1. The Kier molecular flexibility index (Phi) is 5.86. The lowest BCUT2D eigenvalue weighted by atomic mass is 10.0. The van der Waals surface area contributed by atoms with Gasteiger partial charge in [-0.3, -0.25) is 4.79 Å². The van der Waals surface area contributed by atoms with E-state index in [4.69, 9.17) is 9.47 Å². The van der Waals surface area contributed by atoms with Crippen molar-refractivity contribution in [2.45, 2.75) is 0 Å². The zero-order chi connectivity index (χ0) is 18.4. The maximum Gasteiger partial charge on any atom is 0.277 e. The molecule has 0 aromatic heterocycles. The summed E-state index contributed by atoms with van der Waals surface area (Å²) in [6, 6.07) is 18.9. The first-order valence-corrected chi connectivity index (χ1v) is 8.72. The number of carbonyl (C=O) groups is 1. The topological polar surface area (TPSA) is 59.9 Å². The molecule has 0 aliphatic carbocycles. The molecule has 6 heteroatoms. The van der Waals surface area contributed by atoms with Gasteiger partial charge >= 0.3 is 0 Å². The first kappa shape index (κ1) is 17.9. The number of ether oxygens (including phenoxy) is 2. The summed E-state index contributed by atoms with van der Waals surface area (Å²) in [6.07, 6.45) is 1.61. The van der Waals surface area contributed by atoms with Crippen molar-refractivity contribution < 1.29 is 14.3 Å². The highest BCUT2D eigenvalue weighted by molar-refractivity contribution is 9.10. The molecule has 3 rings (SSSR count). The zero-order valence-corrected chi connectivity index (χ0v) is 15.7. The molecular formula is C20H17BrN2O3. The van der Waals surface area contributed by atoms with Gasteiger partial charge in [0.25, 0.3) is 5.91 Å². The van der Waals surface area contributed by atoms with Crippen molar-refractivity contribution in [1.82, 2.24) is 5.43 Å². The molecule has 0 atom stereocenters. The minimum atomic E-state index is -0.331. The van der Waals surface area contributed by atoms with Crippen LogP contribution in [0.3, 0.4) is 0 Å². The molecule has 26 heavy (non-hydrogen) atoms. The fourth-order valence-electron chi connectivity index (χ4n) is 2.47. The van der Waals surface area contributed by atoms with Gasteiger partial charge in [0.1, 0.15) is 11.5 Å². The summed E-state index contributed by atoms with van der Waals surface area (Å²) in [5.41, 5.74) is 3.36. The van der Waals surface area contributed by atoms with Gasteiger partial charge in [-0.2, -0.15) is 5.10 Å². The lowest BCUT2D eigenvalue weighted by molar-refractivity contribution is -0.123. The van der Waals surface area contributed by atoms with Gasteiger partial charge in [0, 0.05) is 15.4 Å². The Bertz CT molecular complexity index is 939. The van der Waals surface area contributed by atoms with E-state index in [-0.39, 0.29) is 12.5 Å². The lowest BCUT2D eigenvalue weighted by Gasteiger charge is -2.08. The number of nitrogens with zero attached hydrogens (tertiary/aromatic N) is 1. The fraction of sp³-hybridized carbons (Fsp3) is 0.100. The molecule has 0 fully saturated rings. The van der Waals surface area contributed by atoms with E-state index in [0.717, 1.165) is 26.6 Å². The fourth-order valence-corrected chi connectivity index (χ4v) is 2.74. The van der Waals surface area contributed by atoms with E-state index in [0.29, 0.717) is 5.75 Å². The van der Waals surface area contributed by atoms with Gasteiger partial charge in [-0.25, -0.2) is 5.43 Å². The van der Waals surface area contributed by atoms with Crippen molar-refractivity contribution in [2.24, 2.45) is 5.10 Å². The highest BCUT2D eigenvalue weighted by atomic mass is 79.9. The van der Waals surface area contributed by atoms with Gasteiger partial charge in [0.2, 0.25) is 0 Å². The Morgan fingerprint density at radius 1 is 1.08 bits per heavy atom. The van der Waals surface area contributed by atoms with Crippen molar-refractivity contribution in [3.63, 3.8) is 0 Å². The van der Waals surface area contributed by atoms with Crippen molar-refractivity contribution in [3.05, 3.63) is 70.7 Å². The van der Waals surface area contributed by atoms with Gasteiger partial charge in [-0.05, 0) is 41.8 Å². The zero-order valence-electron chi connectivity index (χ0n) is 14.1. The molecule has 0 bridgehead atoms. The standard InChI is InChI=1S/C20H17BrN2O3/c1-25-19-11-6-14(17-4-2-3-5-18(17)19)12-22-23-20(24)13-26-16-9-7-15(21)8-10-16/h2-12H,13H2,1H3,(H,23,24)/b22-12+. The third-order valence-electron chi connectivity index (χ3n) is 3.71. The molecule has 0 aliphatic heterocycles. The monoisotopic (exact) mass is 412 g/mol. The van der Waals surface area contributed by atoms with Crippen LogP contribution >= 0.6 is 15.9 Å². The van der Waals surface area contributed by atoms with Gasteiger partial charge in [0.15, 0.2) is 6.61 Å². The Labute approximate surface area is 159 Å². The first-order valence-electron chi connectivity index (χ1n) is 7.93. The van der Waals surface area contributed by atoms with E-state index >= 15 is 0 Å². The largest absolute Gasteiger partial charge is 0.496 e. The van der Waals surface area contributed by atoms with E-state index in [1.807, 2.05) is 48.5 Å². The summed E-state index contributed by atoms with van der Waals surface area (Å²) in [5.74, 6) is 1.08. The molecule has 3 aromatic rings. The molecule has 3 aromatic carbocycles. The summed E-state index contributed by atoms with van der Waals surface area (Å²) in [6.45, 7) is -0.109. The Hall–Kier alpha value is -2.86. The molecular weight excluding hydrogens is 396 g/mol. The minimum Gasteiger partial charge on any atom is -0.496 e. The SMILES string of the molecule is COc1ccc(/C=N/NC(=O)COc2ccc(Br)cc2)c2ccccc12. The molecule has 0 radical (unpaired) electrons. The number of fused-ring (bicyclic) bond motifs is 1. The van der Waals surface area contributed by atoms with Crippen molar-refractivity contribution in [1.29, 1.82) is 0 Å². The maximum atomic E-state index is 11.9. The Morgan fingerprint density at radius 2 is 1.81 bits per heavy atom. The smallest absolute Gasteiger partial charge is 0.277 e. The summed E-state index contributed by atoms with van der Waals surface area (Å²) < 4.78 is 11.7. The third-order valence-corrected chi connectivity index (χ3v) is 4.24. The van der Waals surface area contributed by atoms with Crippen molar-refractivity contribution >= 4 is 38.8 Å². The van der Waals surface area contributed by atoms with Crippen LogP contribution in [-0.2, 0) is 4.79 Å².